The number of nitrogens with zero attached hydrogens (tertiary/aromatic N) is 1. The Bertz CT molecular complexity index is 845. The molecule has 6 nitrogen and oxygen atoms in total. The Morgan fingerprint density at radius 1 is 1.28 bits per heavy atom. The summed E-state index contributed by atoms with van der Waals surface area (Å²) in [5.41, 5.74) is -0.463. The van der Waals surface area contributed by atoms with Crippen LogP contribution in [0, 0.1) is 6.92 Å². The van der Waals surface area contributed by atoms with Crippen LogP contribution in [0.15, 0.2) is 39.5 Å². The van der Waals surface area contributed by atoms with Crippen molar-refractivity contribution >= 4 is 29.1 Å². The van der Waals surface area contributed by atoms with E-state index in [0.29, 0.717) is 40.4 Å². The highest BCUT2D eigenvalue weighted by atomic mass is 35.5. The van der Waals surface area contributed by atoms with Crippen LogP contribution >= 0.6 is 23.2 Å². The van der Waals surface area contributed by atoms with Crippen molar-refractivity contribution in [1.82, 2.24) is 4.90 Å². The van der Waals surface area contributed by atoms with Crippen LogP contribution in [0.3, 0.4) is 0 Å². The molecule has 1 aromatic carbocycles. The van der Waals surface area contributed by atoms with Gasteiger partial charge >= 0.3 is 5.63 Å². The summed E-state index contributed by atoms with van der Waals surface area (Å²) in [4.78, 5) is 25.0. The lowest BCUT2D eigenvalue weighted by molar-refractivity contribution is -0.142. The molecule has 0 spiro atoms. The van der Waals surface area contributed by atoms with Crippen LogP contribution < -0.4 is 15.1 Å². The number of aryl methyl sites for hydroxylation is 1. The Kier molecular flexibility index (Phi) is 5.20. The molecule has 1 aliphatic rings. The molecule has 8 heteroatoms. The second-order valence-electron chi connectivity index (χ2n) is 5.62. The first kappa shape index (κ1) is 17.6. The van der Waals surface area contributed by atoms with Crippen LogP contribution in [0.5, 0.6) is 11.5 Å². The Labute approximate surface area is 153 Å². The van der Waals surface area contributed by atoms with Gasteiger partial charge in [0.15, 0.2) is 6.61 Å². The third kappa shape index (κ3) is 4.46. The molecule has 3 rings (SSSR count). The molecule has 132 valence electrons. The van der Waals surface area contributed by atoms with Gasteiger partial charge in [-0.15, -0.1) is 0 Å². The number of ether oxygens (including phenoxy) is 2. The fourth-order valence-electron chi connectivity index (χ4n) is 2.38. The van der Waals surface area contributed by atoms with Crippen LogP contribution in [0.4, 0.5) is 0 Å². The first-order valence-corrected chi connectivity index (χ1v) is 8.30. The largest absolute Gasteiger partial charge is 0.486 e. The van der Waals surface area contributed by atoms with E-state index in [-0.39, 0.29) is 18.6 Å². The Morgan fingerprint density at radius 2 is 2.04 bits per heavy atom. The summed E-state index contributed by atoms with van der Waals surface area (Å²) in [6, 6.07) is 7.72. The average molecular weight is 384 g/mol. The maximum absolute atomic E-state index is 12.1. The maximum atomic E-state index is 12.1. The lowest BCUT2D eigenvalue weighted by Gasteiger charge is -2.38. The minimum Gasteiger partial charge on any atom is -0.486 e. The molecule has 1 fully saturated rings. The van der Waals surface area contributed by atoms with Gasteiger partial charge in [-0.2, -0.15) is 0 Å². The number of hydrogen-bond donors (Lipinski definition) is 0. The van der Waals surface area contributed by atoms with Gasteiger partial charge < -0.3 is 18.8 Å². The number of carbonyl (C=O) groups is 1. The maximum Gasteiger partial charge on any atom is 0.339 e. The zero-order chi connectivity index (χ0) is 18.0. The van der Waals surface area contributed by atoms with Crippen molar-refractivity contribution < 1.29 is 18.7 Å². The van der Waals surface area contributed by atoms with Gasteiger partial charge in [0.05, 0.1) is 24.2 Å². The fraction of sp³-hybridized carbons (Fsp3) is 0.294. The van der Waals surface area contributed by atoms with Crippen molar-refractivity contribution in [2.75, 3.05) is 19.7 Å². The summed E-state index contributed by atoms with van der Waals surface area (Å²) >= 11 is 11.8. The molecular weight excluding hydrogens is 369 g/mol. The zero-order valence-corrected chi connectivity index (χ0v) is 14.8. The molecule has 2 heterocycles. The first-order chi connectivity index (χ1) is 11.9. The molecule has 1 amide bonds. The number of hydrogen-bond acceptors (Lipinski definition) is 5. The summed E-state index contributed by atoms with van der Waals surface area (Å²) in [7, 11) is 0. The molecule has 0 aliphatic carbocycles. The van der Waals surface area contributed by atoms with E-state index in [4.69, 9.17) is 37.1 Å². The number of amides is 1. The number of benzene rings is 1. The molecule has 1 saturated heterocycles. The first-order valence-electron chi connectivity index (χ1n) is 7.55. The van der Waals surface area contributed by atoms with Crippen LogP contribution in [0.1, 0.15) is 5.76 Å². The third-order valence-corrected chi connectivity index (χ3v) is 4.15. The summed E-state index contributed by atoms with van der Waals surface area (Å²) < 4.78 is 15.9. The van der Waals surface area contributed by atoms with Crippen molar-refractivity contribution in [2.24, 2.45) is 0 Å². The topological polar surface area (TPSA) is 69.0 Å². The molecule has 2 aromatic rings. The van der Waals surface area contributed by atoms with Gasteiger partial charge in [-0.1, -0.05) is 23.2 Å². The lowest BCUT2D eigenvalue weighted by Crippen LogP contribution is -2.57. The van der Waals surface area contributed by atoms with E-state index >= 15 is 0 Å². The molecule has 0 unspecified atom stereocenters. The van der Waals surface area contributed by atoms with Gasteiger partial charge in [0.2, 0.25) is 0 Å². The van der Waals surface area contributed by atoms with E-state index in [1.54, 1.807) is 36.1 Å². The van der Waals surface area contributed by atoms with E-state index in [1.165, 1.54) is 6.07 Å². The number of carbonyl (C=O) groups excluding carboxylic acids is 1. The fourth-order valence-corrected chi connectivity index (χ4v) is 2.84. The SMILES string of the molecule is Cc1cc(OC2CN(C(=O)COc3ccc(Cl)cc3Cl)C2)cc(=O)o1. The standard InChI is InChI=1S/C17H15Cl2NO5/c1-10-4-12(6-17(22)24-10)25-13-7-20(8-13)16(21)9-23-15-3-2-11(18)5-14(15)19/h2-6,13H,7-9H2,1H3. The van der Waals surface area contributed by atoms with Crippen molar-refractivity contribution in [2.45, 2.75) is 13.0 Å². The highest BCUT2D eigenvalue weighted by Crippen LogP contribution is 2.27. The molecule has 0 atom stereocenters. The van der Waals surface area contributed by atoms with Gasteiger partial charge in [-0.3, -0.25) is 4.79 Å². The second-order valence-corrected chi connectivity index (χ2v) is 6.47. The number of likely N-dealkylation sites (tertiary alicyclic amines) is 1. The van der Waals surface area contributed by atoms with Crippen molar-refractivity contribution in [3.63, 3.8) is 0 Å². The summed E-state index contributed by atoms with van der Waals surface area (Å²) in [6.45, 7) is 2.40. The molecule has 25 heavy (non-hydrogen) atoms. The van der Waals surface area contributed by atoms with E-state index in [9.17, 15) is 9.59 Å². The predicted octanol–water partition coefficient (Wildman–Crippen LogP) is 2.92. The molecule has 0 saturated carbocycles. The summed E-state index contributed by atoms with van der Waals surface area (Å²) in [5, 5.41) is 0.847. The van der Waals surface area contributed by atoms with Gasteiger partial charge in [0.25, 0.3) is 5.91 Å². The van der Waals surface area contributed by atoms with Crippen LogP contribution in [-0.2, 0) is 4.79 Å². The summed E-state index contributed by atoms with van der Waals surface area (Å²) in [6.07, 6.45) is -0.163. The van der Waals surface area contributed by atoms with Crippen molar-refractivity contribution in [3.05, 3.63) is 56.6 Å². The van der Waals surface area contributed by atoms with E-state index in [0.717, 1.165) is 0 Å². The van der Waals surface area contributed by atoms with E-state index in [1.807, 2.05) is 0 Å². The van der Waals surface area contributed by atoms with E-state index in [2.05, 4.69) is 0 Å². The molecule has 0 bridgehead atoms. The van der Waals surface area contributed by atoms with Gasteiger partial charge in [-0.25, -0.2) is 4.79 Å². The molecular formula is C17H15Cl2NO5. The smallest absolute Gasteiger partial charge is 0.339 e. The number of halogens is 2. The average Bonchev–Trinajstić information content (AvgIpc) is 2.48. The highest BCUT2D eigenvalue weighted by Gasteiger charge is 2.32. The van der Waals surface area contributed by atoms with Crippen LogP contribution in [-0.4, -0.2) is 36.6 Å². The van der Waals surface area contributed by atoms with Gasteiger partial charge in [0, 0.05) is 11.1 Å². The molecule has 0 radical (unpaired) electrons. The monoisotopic (exact) mass is 383 g/mol. The highest BCUT2D eigenvalue weighted by molar-refractivity contribution is 6.35. The van der Waals surface area contributed by atoms with E-state index < -0.39 is 5.63 Å². The van der Waals surface area contributed by atoms with Gasteiger partial charge in [-0.05, 0) is 25.1 Å². The Morgan fingerprint density at radius 3 is 2.72 bits per heavy atom. The number of rotatable bonds is 5. The summed E-state index contributed by atoms with van der Waals surface area (Å²) in [5.74, 6) is 1.15. The molecule has 1 aromatic heterocycles. The van der Waals surface area contributed by atoms with Crippen LogP contribution in [0.25, 0.3) is 0 Å². The normalized spacial score (nSPS) is 14.1. The molecule has 1 aliphatic heterocycles. The second kappa shape index (κ2) is 7.37. The minimum absolute atomic E-state index is 0.123. The van der Waals surface area contributed by atoms with Crippen molar-refractivity contribution in [1.29, 1.82) is 0 Å². The Hall–Kier alpha value is -2.18. The molecule has 0 N–H and O–H groups in total. The van der Waals surface area contributed by atoms with Crippen LogP contribution in [0.2, 0.25) is 10.0 Å². The Balaban J connectivity index is 1.47. The van der Waals surface area contributed by atoms with Gasteiger partial charge in [0.1, 0.15) is 23.4 Å². The quantitative estimate of drug-likeness (QED) is 0.793. The minimum atomic E-state index is -0.463. The predicted molar refractivity (Wildman–Crippen MR) is 92.7 cm³/mol. The third-order valence-electron chi connectivity index (χ3n) is 3.62. The van der Waals surface area contributed by atoms with Crippen molar-refractivity contribution in [3.8, 4) is 11.5 Å². The lowest BCUT2D eigenvalue weighted by atomic mass is 10.1. The zero-order valence-electron chi connectivity index (χ0n) is 13.3.